The number of aryl methyl sites for hydroxylation is 1. The van der Waals surface area contributed by atoms with Crippen molar-refractivity contribution in [2.45, 2.75) is 31.9 Å². The van der Waals surface area contributed by atoms with Crippen LogP contribution in [0.3, 0.4) is 0 Å². The number of nitrogens with one attached hydrogen (secondary N) is 2. The summed E-state index contributed by atoms with van der Waals surface area (Å²) < 4.78 is 13.8. The van der Waals surface area contributed by atoms with Crippen LogP contribution in [0.1, 0.15) is 24.1 Å². The Labute approximate surface area is 239 Å². The Morgan fingerprint density at radius 3 is 2.70 bits per heavy atom. The normalized spacial score (nSPS) is 16.8. The molecule has 0 spiro atoms. The molecule has 0 radical (unpaired) electrons. The molecule has 0 atom stereocenters. The highest BCUT2D eigenvalue weighted by Gasteiger charge is 2.43. The van der Waals surface area contributed by atoms with Crippen LogP contribution in [-0.4, -0.2) is 88.0 Å². The van der Waals surface area contributed by atoms with Crippen molar-refractivity contribution in [2.24, 2.45) is 0 Å². The molecule has 0 bridgehead atoms. The summed E-state index contributed by atoms with van der Waals surface area (Å²) in [5, 5.41) is 7.39. The summed E-state index contributed by atoms with van der Waals surface area (Å²) in [6.07, 6.45) is 5.45. The van der Waals surface area contributed by atoms with Gasteiger partial charge in [0.25, 0.3) is 0 Å². The summed E-state index contributed by atoms with van der Waals surface area (Å²) in [5.74, 6) is 2.12. The van der Waals surface area contributed by atoms with Gasteiger partial charge in [0.1, 0.15) is 24.5 Å². The number of aromatic nitrogens is 5. The van der Waals surface area contributed by atoms with Gasteiger partial charge in [-0.3, -0.25) is 9.88 Å². The number of pyridine rings is 1. The van der Waals surface area contributed by atoms with E-state index in [2.05, 4.69) is 48.0 Å². The van der Waals surface area contributed by atoms with Gasteiger partial charge in [-0.05, 0) is 55.7 Å². The van der Waals surface area contributed by atoms with E-state index in [1.165, 1.54) is 0 Å². The lowest BCUT2D eigenvalue weighted by Gasteiger charge is -2.26. The Morgan fingerprint density at radius 1 is 1.10 bits per heavy atom. The Morgan fingerprint density at radius 2 is 1.95 bits per heavy atom. The molecule has 2 aliphatic rings. The molecule has 1 aliphatic carbocycles. The topological polar surface area (TPSA) is 102 Å². The Balaban J connectivity index is 1.30. The van der Waals surface area contributed by atoms with Crippen LogP contribution in [0.15, 0.2) is 42.9 Å². The molecule has 11 heteroatoms. The van der Waals surface area contributed by atoms with E-state index in [0.717, 1.165) is 68.1 Å². The third kappa shape index (κ3) is 5.90. The maximum absolute atomic E-state index is 6.87. The van der Waals surface area contributed by atoms with Crippen LogP contribution in [0.2, 0.25) is 5.02 Å². The van der Waals surface area contributed by atoms with Crippen molar-refractivity contribution in [3.8, 4) is 17.1 Å². The van der Waals surface area contributed by atoms with E-state index < -0.39 is 0 Å². The van der Waals surface area contributed by atoms with E-state index in [-0.39, 0.29) is 5.60 Å². The van der Waals surface area contributed by atoms with Crippen molar-refractivity contribution in [1.82, 2.24) is 34.7 Å². The van der Waals surface area contributed by atoms with E-state index in [1.54, 1.807) is 13.4 Å². The van der Waals surface area contributed by atoms with Crippen LogP contribution >= 0.6 is 11.6 Å². The molecular formula is C29H35ClN8O2. The van der Waals surface area contributed by atoms with Gasteiger partial charge in [-0.1, -0.05) is 11.6 Å². The molecule has 0 amide bonds. The smallest absolute Gasteiger partial charge is 0.166 e. The lowest BCUT2D eigenvalue weighted by atomic mass is 10.2. The zero-order valence-electron chi connectivity index (χ0n) is 23.0. The maximum Gasteiger partial charge on any atom is 0.166 e. The number of hydrogen-bond donors (Lipinski definition) is 2. The predicted molar refractivity (Wildman–Crippen MR) is 156 cm³/mol. The Hall–Kier alpha value is -3.31. The van der Waals surface area contributed by atoms with Crippen molar-refractivity contribution in [2.75, 3.05) is 58.3 Å². The number of piperazine rings is 1. The number of methoxy groups -OCH3 is 1. The summed E-state index contributed by atoms with van der Waals surface area (Å²) in [5.41, 5.74) is 4.12. The van der Waals surface area contributed by atoms with Crippen molar-refractivity contribution in [3.05, 3.63) is 59.1 Å². The van der Waals surface area contributed by atoms with E-state index in [0.29, 0.717) is 47.5 Å². The van der Waals surface area contributed by atoms with Gasteiger partial charge in [-0.25, -0.2) is 15.0 Å². The number of ether oxygens (including phenoxy) is 2. The molecule has 1 saturated carbocycles. The van der Waals surface area contributed by atoms with Crippen LogP contribution in [-0.2, 0) is 11.3 Å². The second-order valence-electron chi connectivity index (χ2n) is 10.6. The molecule has 0 unspecified atom stereocenters. The molecule has 1 aromatic carbocycles. The van der Waals surface area contributed by atoms with Crippen LogP contribution in [0.4, 0.5) is 5.82 Å². The minimum absolute atomic E-state index is 0.127. The summed E-state index contributed by atoms with van der Waals surface area (Å²) >= 11 is 6.87. The van der Waals surface area contributed by atoms with E-state index in [4.69, 9.17) is 26.1 Å². The number of nitrogens with zero attached hydrogens (tertiary/aromatic N) is 6. The average Bonchev–Trinajstić information content (AvgIpc) is 3.67. The molecule has 2 fully saturated rings. The zero-order valence-corrected chi connectivity index (χ0v) is 23.7. The number of hydrogen-bond acceptors (Lipinski definition) is 9. The van der Waals surface area contributed by atoms with Crippen molar-refractivity contribution in [3.63, 3.8) is 0 Å². The quantitative estimate of drug-likeness (QED) is 0.283. The van der Waals surface area contributed by atoms with Crippen LogP contribution < -0.4 is 15.4 Å². The number of halogens is 1. The number of rotatable bonds is 11. The fourth-order valence-electron chi connectivity index (χ4n) is 5.10. The summed E-state index contributed by atoms with van der Waals surface area (Å²) in [6.45, 7) is 8.85. The Kier molecular flexibility index (Phi) is 7.84. The van der Waals surface area contributed by atoms with Gasteiger partial charge in [0.2, 0.25) is 0 Å². The fourth-order valence-corrected chi connectivity index (χ4v) is 5.36. The van der Waals surface area contributed by atoms with Gasteiger partial charge >= 0.3 is 0 Å². The number of fused-ring (bicyclic) bond motifs is 1. The Bertz CT molecular complexity index is 1480. The number of benzene rings is 1. The molecular weight excluding hydrogens is 528 g/mol. The minimum atomic E-state index is -0.127. The first kappa shape index (κ1) is 26.9. The van der Waals surface area contributed by atoms with Crippen molar-refractivity contribution in [1.29, 1.82) is 0 Å². The summed E-state index contributed by atoms with van der Waals surface area (Å²) in [6, 6.07) is 9.84. The molecule has 10 nitrogen and oxygen atoms in total. The van der Waals surface area contributed by atoms with Crippen LogP contribution in [0.25, 0.3) is 22.6 Å². The number of anilines is 1. The molecule has 4 aromatic rings. The molecule has 2 N–H and O–H groups in total. The molecule has 40 heavy (non-hydrogen) atoms. The van der Waals surface area contributed by atoms with Gasteiger partial charge in [0.05, 0.1) is 22.9 Å². The predicted octanol–water partition coefficient (Wildman–Crippen LogP) is 3.77. The standard InChI is InChI=1S/C29H35ClN8O2/c1-20-5-8-32-21(15-20)17-38-27(36-25-26(34-19-35-28(25)38)33-18-29(39-2)6-7-29)23-4-3-22(16-24(23)30)40-14-13-37-11-9-31-10-12-37/h3-5,8,15-16,19,31H,6-7,9-14,17-18H2,1-2H3,(H,33,34,35). The second kappa shape index (κ2) is 11.7. The highest BCUT2D eigenvalue weighted by atomic mass is 35.5. The molecule has 1 saturated heterocycles. The highest BCUT2D eigenvalue weighted by molar-refractivity contribution is 6.33. The summed E-state index contributed by atoms with van der Waals surface area (Å²) in [4.78, 5) is 21.2. The van der Waals surface area contributed by atoms with Crippen molar-refractivity contribution < 1.29 is 9.47 Å². The third-order valence-electron chi connectivity index (χ3n) is 7.71. The summed E-state index contributed by atoms with van der Waals surface area (Å²) in [7, 11) is 1.76. The van der Waals surface area contributed by atoms with E-state index >= 15 is 0 Å². The third-order valence-corrected chi connectivity index (χ3v) is 8.02. The first-order valence-corrected chi connectivity index (χ1v) is 14.2. The first-order valence-electron chi connectivity index (χ1n) is 13.8. The number of imidazole rings is 1. The average molecular weight is 563 g/mol. The highest BCUT2D eigenvalue weighted by Crippen LogP contribution is 2.39. The van der Waals surface area contributed by atoms with Gasteiger partial charge in [-0.15, -0.1) is 0 Å². The lowest BCUT2D eigenvalue weighted by Crippen LogP contribution is -2.44. The molecule has 3 aromatic heterocycles. The largest absolute Gasteiger partial charge is 0.492 e. The maximum atomic E-state index is 6.87. The van der Waals surface area contributed by atoms with Crippen LogP contribution in [0.5, 0.6) is 5.75 Å². The van der Waals surface area contributed by atoms with Gasteiger partial charge in [0.15, 0.2) is 17.0 Å². The van der Waals surface area contributed by atoms with Gasteiger partial charge in [-0.2, -0.15) is 0 Å². The fraction of sp³-hybridized carbons (Fsp3) is 0.448. The minimum Gasteiger partial charge on any atom is -0.492 e. The second-order valence-corrected chi connectivity index (χ2v) is 11.0. The van der Waals surface area contributed by atoms with Gasteiger partial charge < -0.3 is 24.7 Å². The lowest BCUT2D eigenvalue weighted by molar-refractivity contribution is 0.0914. The SMILES string of the molecule is COC1(CNc2ncnc3c2nc(-c2ccc(OCCN4CCNCC4)cc2Cl)n3Cc2cc(C)ccn2)CC1. The van der Waals surface area contributed by atoms with E-state index in [9.17, 15) is 0 Å². The zero-order chi connectivity index (χ0) is 27.5. The van der Waals surface area contributed by atoms with Gasteiger partial charge in [0, 0.05) is 58.1 Å². The van der Waals surface area contributed by atoms with Crippen LogP contribution in [0, 0.1) is 6.92 Å². The monoisotopic (exact) mass is 562 g/mol. The van der Waals surface area contributed by atoms with E-state index in [1.807, 2.05) is 30.5 Å². The first-order chi connectivity index (χ1) is 19.5. The molecule has 6 rings (SSSR count). The molecule has 210 valence electrons. The molecule has 4 heterocycles. The van der Waals surface area contributed by atoms with Crippen molar-refractivity contribution >= 4 is 28.6 Å². The molecule has 1 aliphatic heterocycles.